The van der Waals surface area contributed by atoms with E-state index in [-0.39, 0.29) is 17.4 Å². The topological polar surface area (TPSA) is 59.8 Å². The van der Waals surface area contributed by atoms with Gasteiger partial charge in [-0.25, -0.2) is 13.8 Å². The number of carbonyl (C=O) groups is 1. The highest BCUT2D eigenvalue weighted by Crippen LogP contribution is 2.22. The maximum atomic E-state index is 14.3. The third-order valence-corrected chi connectivity index (χ3v) is 3.70. The van der Waals surface area contributed by atoms with Gasteiger partial charge >= 0.3 is 0 Å². The molecule has 0 saturated heterocycles. The lowest BCUT2D eigenvalue weighted by molar-refractivity contribution is 0.0932. The first kappa shape index (κ1) is 16.8. The number of benzene rings is 2. The summed E-state index contributed by atoms with van der Waals surface area (Å²) in [7, 11) is 0. The normalized spacial score (nSPS) is 12.0. The van der Waals surface area contributed by atoms with E-state index in [1.54, 1.807) is 36.1 Å². The number of halogens is 2. The molecule has 0 aliphatic rings. The van der Waals surface area contributed by atoms with Gasteiger partial charge in [-0.1, -0.05) is 18.2 Å². The van der Waals surface area contributed by atoms with Gasteiger partial charge in [-0.15, -0.1) is 0 Å². The highest BCUT2D eigenvalue weighted by atomic mass is 19.1. The summed E-state index contributed by atoms with van der Waals surface area (Å²) in [4.78, 5) is 16.1. The number of hydrogen-bond acceptors (Lipinski definition) is 3. The van der Waals surface area contributed by atoms with Gasteiger partial charge in [-0.2, -0.15) is 5.10 Å². The molecular formula is C18H16F2N4O. The second-order valence-electron chi connectivity index (χ2n) is 5.69. The Morgan fingerprint density at radius 3 is 2.52 bits per heavy atom. The van der Waals surface area contributed by atoms with E-state index >= 15 is 0 Å². The van der Waals surface area contributed by atoms with Gasteiger partial charge in [0, 0.05) is 6.04 Å². The third-order valence-electron chi connectivity index (χ3n) is 3.70. The number of nitrogens with zero attached hydrogens (tertiary/aromatic N) is 3. The molecule has 128 valence electrons. The molecule has 0 bridgehead atoms. The molecule has 5 nitrogen and oxygen atoms in total. The SMILES string of the molecule is C[C@@H](Cn1cncn1)NC(=O)c1ccc(-c2ccc(F)cc2)cc1F. The maximum absolute atomic E-state index is 14.3. The number of amides is 1. The molecule has 1 amide bonds. The lowest BCUT2D eigenvalue weighted by Crippen LogP contribution is -2.36. The van der Waals surface area contributed by atoms with E-state index in [2.05, 4.69) is 15.4 Å². The van der Waals surface area contributed by atoms with Crippen LogP contribution in [0.25, 0.3) is 11.1 Å². The Morgan fingerprint density at radius 2 is 1.88 bits per heavy atom. The van der Waals surface area contributed by atoms with Crippen LogP contribution in [0.4, 0.5) is 8.78 Å². The average Bonchev–Trinajstić information content (AvgIpc) is 3.08. The Balaban J connectivity index is 1.71. The Hall–Kier alpha value is -3.09. The fourth-order valence-corrected chi connectivity index (χ4v) is 2.48. The molecule has 0 spiro atoms. The molecule has 1 N–H and O–H groups in total. The monoisotopic (exact) mass is 342 g/mol. The molecule has 0 fully saturated rings. The van der Waals surface area contributed by atoms with Gasteiger partial charge in [0.15, 0.2) is 0 Å². The van der Waals surface area contributed by atoms with Crippen molar-refractivity contribution in [3.05, 3.63) is 72.3 Å². The number of carbonyl (C=O) groups excluding carboxylic acids is 1. The molecule has 2 aromatic carbocycles. The van der Waals surface area contributed by atoms with Crippen LogP contribution in [-0.2, 0) is 6.54 Å². The molecule has 25 heavy (non-hydrogen) atoms. The second-order valence-corrected chi connectivity index (χ2v) is 5.69. The van der Waals surface area contributed by atoms with Crippen LogP contribution < -0.4 is 5.32 Å². The van der Waals surface area contributed by atoms with Crippen molar-refractivity contribution in [2.75, 3.05) is 0 Å². The van der Waals surface area contributed by atoms with Gasteiger partial charge in [0.1, 0.15) is 24.3 Å². The van der Waals surface area contributed by atoms with Crippen LogP contribution in [0.15, 0.2) is 55.1 Å². The fraction of sp³-hybridized carbons (Fsp3) is 0.167. The Labute approximate surface area is 143 Å². The van der Waals surface area contributed by atoms with Crippen molar-refractivity contribution in [2.24, 2.45) is 0 Å². The summed E-state index contributed by atoms with van der Waals surface area (Å²) in [6.07, 6.45) is 2.95. The van der Waals surface area contributed by atoms with E-state index < -0.39 is 11.7 Å². The molecule has 1 aromatic heterocycles. The van der Waals surface area contributed by atoms with Gasteiger partial charge < -0.3 is 5.32 Å². The smallest absolute Gasteiger partial charge is 0.254 e. The van der Waals surface area contributed by atoms with E-state index in [0.717, 1.165) is 0 Å². The minimum atomic E-state index is -0.632. The van der Waals surface area contributed by atoms with E-state index in [1.807, 2.05) is 0 Å². The van der Waals surface area contributed by atoms with Crippen molar-refractivity contribution in [1.82, 2.24) is 20.1 Å². The Bertz CT molecular complexity index is 863. The zero-order valence-corrected chi connectivity index (χ0v) is 13.5. The summed E-state index contributed by atoms with van der Waals surface area (Å²) in [6.45, 7) is 2.23. The minimum Gasteiger partial charge on any atom is -0.348 e. The summed E-state index contributed by atoms with van der Waals surface area (Å²) < 4.78 is 28.9. The quantitative estimate of drug-likeness (QED) is 0.775. The van der Waals surface area contributed by atoms with Crippen LogP contribution in [0, 0.1) is 11.6 Å². The average molecular weight is 342 g/mol. The van der Waals surface area contributed by atoms with Crippen LogP contribution >= 0.6 is 0 Å². The van der Waals surface area contributed by atoms with E-state index in [0.29, 0.717) is 17.7 Å². The zero-order valence-electron chi connectivity index (χ0n) is 13.5. The molecule has 3 rings (SSSR count). The largest absolute Gasteiger partial charge is 0.348 e. The molecule has 1 atom stereocenters. The Morgan fingerprint density at radius 1 is 1.16 bits per heavy atom. The van der Waals surface area contributed by atoms with Crippen molar-refractivity contribution >= 4 is 5.91 Å². The van der Waals surface area contributed by atoms with Crippen molar-refractivity contribution in [2.45, 2.75) is 19.5 Å². The van der Waals surface area contributed by atoms with Crippen LogP contribution in [-0.4, -0.2) is 26.7 Å². The summed E-state index contributed by atoms with van der Waals surface area (Å²) in [6, 6.07) is 9.81. The van der Waals surface area contributed by atoms with Crippen molar-refractivity contribution in [3.63, 3.8) is 0 Å². The maximum Gasteiger partial charge on any atom is 0.254 e. The zero-order chi connectivity index (χ0) is 17.8. The van der Waals surface area contributed by atoms with Crippen molar-refractivity contribution in [1.29, 1.82) is 0 Å². The van der Waals surface area contributed by atoms with E-state index in [9.17, 15) is 13.6 Å². The summed E-state index contributed by atoms with van der Waals surface area (Å²) in [5.74, 6) is -1.50. The highest BCUT2D eigenvalue weighted by Gasteiger charge is 2.15. The van der Waals surface area contributed by atoms with E-state index in [4.69, 9.17) is 0 Å². The summed E-state index contributed by atoms with van der Waals surface area (Å²) >= 11 is 0. The number of rotatable bonds is 5. The van der Waals surface area contributed by atoms with Gasteiger partial charge in [0.25, 0.3) is 5.91 Å². The molecule has 0 radical (unpaired) electrons. The first-order valence-corrected chi connectivity index (χ1v) is 7.71. The van der Waals surface area contributed by atoms with E-state index in [1.165, 1.54) is 30.6 Å². The molecule has 3 aromatic rings. The predicted molar refractivity (Wildman–Crippen MR) is 88.7 cm³/mol. The highest BCUT2D eigenvalue weighted by molar-refractivity contribution is 5.95. The second kappa shape index (κ2) is 7.21. The van der Waals surface area contributed by atoms with Gasteiger partial charge in [-0.05, 0) is 42.3 Å². The molecule has 7 heteroatoms. The standard InChI is InChI=1S/C18H16F2N4O/c1-12(9-24-11-21-10-22-24)23-18(25)16-7-4-14(8-17(16)20)13-2-5-15(19)6-3-13/h2-8,10-12H,9H2,1H3,(H,23,25)/t12-/m0/s1. The third kappa shape index (κ3) is 4.06. The molecule has 0 aliphatic carbocycles. The number of hydrogen-bond donors (Lipinski definition) is 1. The van der Waals surface area contributed by atoms with Gasteiger partial charge in [-0.3, -0.25) is 9.48 Å². The molecule has 0 unspecified atom stereocenters. The predicted octanol–water partition coefficient (Wildman–Crippen LogP) is 3.04. The molecule has 0 saturated carbocycles. The molecule has 1 heterocycles. The van der Waals surface area contributed by atoms with Gasteiger partial charge in [0.05, 0.1) is 12.1 Å². The first-order valence-electron chi connectivity index (χ1n) is 7.71. The number of nitrogens with one attached hydrogen (secondary N) is 1. The minimum absolute atomic E-state index is 0.0451. The summed E-state index contributed by atoms with van der Waals surface area (Å²) in [5, 5.41) is 6.68. The van der Waals surface area contributed by atoms with Crippen LogP contribution in [0.2, 0.25) is 0 Å². The lowest BCUT2D eigenvalue weighted by atomic mass is 10.0. The molecule has 0 aliphatic heterocycles. The molecular weight excluding hydrogens is 326 g/mol. The van der Waals surface area contributed by atoms with Crippen molar-refractivity contribution in [3.8, 4) is 11.1 Å². The van der Waals surface area contributed by atoms with Crippen LogP contribution in [0.3, 0.4) is 0 Å². The van der Waals surface area contributed by atoms with Crippen LogP contribution in [0.1, 0.15) is 17.3 Å². The van der Waals surface area contributed by atoms with Gasteiger partial charge in [0.2, 0.25) is 0 Å². The summed E-state index contributed by atoms with van der Waals surface area (Å²) in [5.41, 5.74) is 1.20. The van der Waals surface area contributed by atoms with Crippen molar-refractivity contribution < 1.29 is 13.6 Å². The van der Waals surface area contributed by atoms with Crippen LogP contribution in [0.5, 0.6) is 0 Å². The number of aromatic nitrogens is 3. The first-order chi connectivity index (χ1) is 12.0. The lowest BCUT2D eigenvalue weighted by Gasteiger charge is -2.14. The Kier molecular flexibility index (Phi) is 4.83. The fourth-order valence-electron chi connectivity index (χ4n) is 2.48.